The molecule has 35 heavy (non-hydrogen) atoms. The molecule has 2 aromatic heterocycles. The summed E-state index contributed by atoms with van der Waals surface area (Å²) in [5.41, 5.74) is 2.74. The second-order valence-electron chi connectivity index (χ2n) is 9.47. The van der Waals surface area contributed by atoms with E-state index >= 15 is 0 Å². The minimum Gasteiger partial charge on any atom is -0.351 e. The Kier molecular flexibility index (Phi) is 4.96. The van der Waals surface area contributed by atoms with Gasteiger partial charge in [0.2, 0.25) is 0 Å². The maximum absolute atomic E-state index is 13.7. The molecule has 2 aliphatic heterocycles. The van der Waals surface area contributed by atoms with E-state index in [-0.39, 0.29) is 24.9 Å². The van der Waals surface area contributed by atoms with Crippen molar-refractivity contribution in [2.75, 3.05) is 19.7 Å². The van der Waals surface area contributed by atoms with Crippen molar-refractivity contribution in [2.45, 2.75) is 50.7 Å². The summed E-state index contributed by atoms with van der Waals surface area (Å²) in [7, 11) is 0. The quantitative estimate of drug-likeness (QED) is 0.611. The number of carbonyl (C=O) groups is 2. The number of benzene rings is 1. The van der Waals surface area contributed by atoms with E-state index in [9.17, 15) is 22.8 Å². The molecule has 11 heteroatoms. The standard InChI is InChI=1S/C24H24F3N5O3/c25-24(26,27)35-12-11-31-22(34)20-16-14-30(21(33)19-13-15-3-1-2-4-17(15)28-19)9-5-18(16)29-32(20)10-8-23(31)6-7-23/h1-4,13,28H,5-12,14H2. The maximum Gasteiger partial charge on any atom is 0.522 e. The van der Waals surface area contributed by atoms with Gasteiger partial charge in [-0.3, -0.25) is 19.0 Å². The molecule has 184 valence electrons. The number of alkyl halides is 3. The highest BCUT2D eigenvalue weighted by atomic mass is 19.4. The number of amides is 2. The highest BCUT2D eigenvalue weighted by Gasteiger charge is 2.52. The number of aryl methyl sites for hydroxylation is 1. The van der Waals surface area contributed by atoms with Crippen LogP contribution in [0.5, 0.6) is 0 Å². The van der Waals surface area contributed by atoms with Crippen molar-refractivity contribution in [1.82, 2.24) is 24.6 Å². The van der Waals surface area contributed by atoms with Crippen LogP contribution in [0.25, 0.3) is 10.9 Å². The van der Waals surface area contributed by atoms with E-state index in [1.165, 1.54) is 4.90 Å². The van der Waals surface area contributed by atoms with Crippen molar-refractivity contribution in [1.29, 1.82) is 0 Å². The van der Waals surface area contributed by atoms with Gasteiger partial charge in [-0.1, -0.05) is 18.2 Å². The minimum absolute atomic E-state index is 0.143. The van der Waals surface area contributed by atoms with Crippen LogP contribution in [0, 0.1) is 0 Å². The SMILES string of the molecule is O=C(c1cc2ccccc2[nH]1)N1CCc2nn3c(c2C1)C(=O)N(CCOC(F)(F)F)C1(CC3)CC1. The van der Waals surface area contributed by atoms with Crippen LogP contribution >= 0.6 is 0 Å². The Balaban J connectivity index is 1.27. The molecule has 0 bridgehead atoms. The third kappa shape index (κ3) is 3.87. The molecule has 0 radical (unpaired) electrons. The molecule has 3 aliphatic rings. The number of carbonyl (C=O) groups excluding carboxylic acids is 2. The number of hydrogen-bond donors (Lipinski definition) is 1. The summed E-state index contributed by atoms with van der Waals surface area (Å²) in [6, 6.07) is 9.45. The number of hydrogen-bond acceptors (Lipinski definition) is 4. The first-order valence-electron chi connectivity index (χ1n) is 11.7. The second kappa shape index (κ2) is 7.84. The van der Waals surface area contributed by atoms with Gasteiger partial charge in [0.25, 0.3) is 11.8 Å². The molecule has 0 unspecified atom stereocenters. The zero-order chi connectivity index (χ0) is 24.4. The van der Waals surface area contributed by atoms with Crippen LogP contribution in [0.4, 0.5) is 13.2 Å². The van der Waals surface area contributed by atoms with Gasteiger partial charge in [-0.15, -0.1) is 13.2 Å². The molecule has 2 amide bonds. The van der Waals surface area contributed by atoms with Crippen molar-refractivity contribution >= 4 is 22.7 Å². The van der Waals surface area contributed by atoms with Crippen LogP contribution < -0.4 is 0 Å². The molecular formula is C24H24F3N5O3. The lowest BCUT2D eigenvalue weighted by molar-refractivity contribution is -0.324. The molecule has 1 aromatic carbocycles. The van der Waals surface area contributed by atoms with Crippen LogP contribution in [-0.4, -0.2) is 68.0 Å². The Morgan fingerprint density at radius 2 is 1.97 bits per heavy atom. The number of nitrogens with zero attached hydrogens (tertiary/aromatic N) is 4. The molecule has 1 spiro atoms. The van der Waals surface area contributed by atoms with Crippen LogP contribution in [0.3, 0.4) is 0 Å². The summed E-state index contributed by atoms with van der Waals surface area (Å²) in [5.74, 6) is -0.499. The minimum atomic E-state index is -4.74. The first-order valence-corrected chi connectivity index (χ1v) is 11.7. The first-order chi connectivity index (χ1) is 16.7. The third-order valence-corrected chi connectivity index (χ3v) is 7.37. The fourth-order valence-electron chi connectivity index (χ4n) is 5.41. The summed E-state index contributed by atoms with van der Waals surface area (Å²) >= 11 is 0. The highest BCUT2D eigenvalue weighted by molar-refractivity contribution is 5.99. The van der Waals surface area contributed by atoms with E-state index in [1.807, 2.05) is 30.3 Å². The summed E-state index contributed by atoms with van der Waals surface area (Å²) in [4.78, 5) is 33.3. The van der Waals surface area contributed by atoms with Gasteiger partial charge in [-0.2, -0.15) is 5.10 Å². The van der Waals surface area contributed by atoms with Gasteiger partial charge in [-0.25, -0.2) is 0 Å². The number of H-pyrrole nitrogens is 1. The van der Waals surface area contributed by atoms with Crippen LogP contribution in [0.2, 0.25) is 0 Å². The third-order valence-electron chi connectivity index (χ3n) is 7.37. The van der Waals surface area contributed by atoms with E-state index in [0.717, 1.165) is 29.4 Å². The lowest BCUT2D eigenvalue weighted by Gasteiger charge is -2.31. The summed E-state index contributed by atoms with van der Waals surface area (Å²) in [6.45, 7) is 0.457. The van der Waals surface area contributed by atoms with Crippen molar-refractivity contribution < 1.29 is 27.5 Å². The van der Waals surface area contributed by atoms with Gasteiger partial charge in [0.15, 0.2) is 0 Å². The number of nitrogens with one attached hydrogen (secondary N) is 1. The monoisotopic (exact) mass is 487 g/mol. The Labute approximate surface area is 198 Å². The molecule has 6 rings (SSSR count). The van der Waals surface area contributed by atoms with E-state index < -0.39 is 18.5 Å². The average Bonchev–Trinajstić information content (AvgIpc) is 3.35. The fourth-order valence-corrected chi connectivity index (χ4v) is 5.41. The number of para-hydroxylation sites is 1. The Hall–Kier alpha value is -3.34. The number of halogens is 3. The van der Waals surface area contributed by atoms with Gasteiger partial charge in [0, 0.05) is 48.1 Å². The van der Waals surface area contributed by atoms with Gasteiger partial charge in [0.1, 0.15) is 11.4 Å². The number of aromatic nitrogens is 3. The van der Waals surface area contributed by atoms with Gasteiger partial charge < -0.3 is 14.8 Å². The topological polar surface area (TPSA) is 83.5 Å². The summed E-state index contributed by atoms with van der Waals surface area (Å²) in [6.07, 6.45) is -2.09. The van der Waals surface area contributed by atoms with E-state index in [2.05, 4.69) is 14.8 Å². The van der Waals surface area contributed by atoms with Gasteiger partial charge in [-0.05, 0) is 31.4 Å². The predicted molar refractivity (Wildman–Crippen MR) is 119 cm³/mol. The Morgan fingerprint density at radius 3 is 2.71 bits per heavy atom. The lowest BCUT2D eigenvalue weighted by Crippen LogP contribution is -2.44. The summed E-state index contributed by atoms with van der Waals surface area (Å²) < 4.78 is 43.3. The molecule has 1 N–H and O–H groups in total. The molecule has 1 aliphatic carbocycles. The molecule has 8 nitrogen and oxygen atoms in total. The molecule has 1 fully saturated rings. The number of rotatable bonds is 4. The normalized spacial score (nSPS) is 19.1. The molecular weight excluding hydrogens is 463 g/mol. The summed E-state index contributed by atoms with van der Waals surface area (Å²) in [5, 5.41) is 5.60. The smallest absolute Gasteiger partial charge is 0.351 e. The number of fused-ring (bicyclic) bond motifs is 4. The van der Waals surface area contributed by atoms with Crippen molar-refractivity contribution in [3.05, 3.63) is 53.0 Å². The highest BCUT2D eigenvalue weighted by Crippen LogP contribution is 2.47. The van der Waals surface area contributed by atoms with E-state index in [4.69, 9.17) is 0 Å². The average molecular weight is 487 g/mol. The van der Waals surface area contributed by atoms with Crippen LogP contribution in [0.15, 0.2) is 30.3 Å². The Bertz CT molecular complexity index is 1290. The van der Waals surface area contributed by atoms with Gasteiger partial charge >= 0.3 is 6.36 Å². The molecule has 0 atom stereocenters. The molecule has 4 heterocycles. The molecule has 3 aromatic rings. The first kappa shape index (κ1) is 22.1. The van der Waals surface area contributed by atoms with E-state index in [0.29, 0.717) is 42.9 Å². The van der Waals surface area contributed by atoms with Crippen LogP contribution in [-0.2, 0) is 24.2 Å². The van der Waals surface area contributed by atoms with Crippen molar-refractivity contribution in [3.63, 3.8) is 0 Å². The molecule has 1 saturated carbocycles. The lowest BCUT2D eigenvalue weighted by atomic mass is 10.0. The van der Waals surface area contributed by atoms with Crippen LogP contribution in [0.1, 0.15) is 51.5 Å². The largest absolute Gasteiger partial charge is 0.522 e. The van der Waals surface area contributed by atoms with Crippen molar-refractivity contribution in [3.8, 4) is 0 Å². The maximum atomic E-state index is 13.7. The zero-order valence-corrected chi connectivity index (χ0v) is 18.9. The van der Waals surface area contributed by atoms with E-state index in [1.54, 1.807) is 9.58 Å². The zero-order valence-electron chi connectivity index (χ0n) is 18.9. The molecule has 0 saturated heterocycles. The number of ether oxygens (including phenoxy) is 1. The fraction of sp³-hybridized carbons (Fsp3) is 0.458. The second-order valence-corrected chi connectivity index (χ2v) is 9.47. The van der Waals surface area contributed by atoms with Crippen molar-refractivity contribution in [2.24, 2.45) is 0 Å². The Morgan fingerprint density at radius 1 is 1.17 bits per heavy atom. The van der Waals surface area contributed by atoms with Gasteiger partial charge in [0.05, 0.1) is 18.8 Å². The predicted octanol–water partition coefficient (Wildman–Crippen LogP) is 3.48. The number of aromatic amines is 1.